The number of hydrogen-bond acceptors (Lipinski definition) is 6. The van der Waals surface area contributed by atoms with Crippen LogP contribution in [0.1, 0.15) is 30.0 Å². The molecule has 0 bridgehead atoms. The molecule has 1 aromatic heterocycles. The van der Waals surface area contributed by atoms with Gasteiger partial charge in [0.2, 0.25) is 5.95 Å². The van der Waals surface area contributed by atoms with Crippen LogP contribution in [-0.2, 0) is 0 Å². The van der Waals surface area contributed by atoms with Crippen molar-refractivity contribution < 1.29 is 4.39 Å². The Balaban J connectivity index is 1.52. The maximum Gasteiger partial charge on any atom is 0.224 e. The fourth-order valence-electron chi connectivity index (χ4n) is 4.33. The lowest BCUT2D eigenvalue weighted by Gasteiger charge is -2.38. The maximum absolute atomic E-state index is 13.3. The molecule has 0 aliphatic carbocycles. The smallest absolute Gasteiger partial charge is 0.224 e. The molecule has 2 aromatic rings. The monoisotopic (exact) mass is 370 g/mol. The van der Waals surface area contributed by atoms with Gasteiger partial charge in [-0.05, 0) is 43.4 Å². The summed E-state index contributed by atoms with van der Waals surface area (Å²) in [5.41, 5.74) is 8.95. The Hall–Kier alpha value is -2.25. The zero-order valence-corrected chi connectivity index (χ0v) is 15.9. The maximum atomic E-state index is 13.3. The normalized spacial score (nSPS) is 25.6. The van der Waals surface area contributed by atoms with Crippen molar-refractivity contribution in [1.29, 1.82) is 0 Å². The molecule has 3 atom stereocenters. The lowest BCUT2D eigenvalue weighted by molar-refractivity contribution is 0.304. The van der Waals surface area contributed by atoms with Gasteiger partial charge in [0.15, 0.2) is 0 Å². The summed E-state index contributed by atoms with van der Waals surface area (Å²) in [6.45, 7) is 4.83. The van der Waals surface area contributed by atoms with Gasteiger partial charge in [-0.15, -0.1) is 0 Å². The van der Waals surface area contributed by atoms with Crippen LogP contribution in [0.25, 0.3) is 0 Å². The Labute approximate surface area is 159 Å². The molecule has 4 rings (SSSR count). The highest BCUT2D eigenvalue weighted by molar-refractivity contribution is 5.45. The van der Waals surface area contributed by atoms with Crippen molar-refractivity contribution in [3.8, 4) is 0 Å². The molecule has 7 heteroatoms. The van der Waals surface area contributed by atoms with Crippen molar-refractivity contribution in [1.82, 2.24) is 20.8 Å². The van der Waals surface area contributed by atoms with Crippen molar-refractivity contribution >= 4 is 11.8 Å². The predicted octanol–water partition coefficient (Wildman–Crippen LogP) is 2.44. The molecule has 6 nitrogen and oxygen atoms in total. The summed E-state index contributed by atoms with van der Waals surface area (Å²) >= 11 is 0. The van der Waals surface area contributed by atoms with Crippen LogP contribution in [0.5, 0.6) is 0 Å². The number of hydrazine groups is 1. The minimum Gasteiger partial charge on any atom is -0.357 e. The van der Waals surface area contributed by atoms with E-state index < -0.39 is 0 Å². The number of hydrogen-bond donors (Lipinski definition) is 3. The second-order valence-corrected chi connectivity index (χ2v) is 7.50. The molecule has 1 aromatic carbocycles. The zero-order valence-electron chi connectivity index (χ0n) is 15.9. The van der Waals surface area contributed by atoms with Gasteiger partial charge in [-0.3, -0.25) is 10.9 Å². The number of nitrogens with one attached hydrogen (secondary N) is 3. The summed E-state index contributed by atoms with van der Waals surface area (Å²) in [5.74, 6) is 2.31. The molecule has 0 spiro atoms. The largest absolute Gasteiger partial charge is 0.357 e. The van der Waals surface area contributed by atoms with Crippen molar-refractivity contribution in [3.63, 3.8) is 0 Å². The van der Waals surface area contributed by atoms with E-state index in [1.54, 1.807) is 12.1 Å². The average molecular weight is 370 g/mol. The van der Waals surface area contributed by atoms with Gasteiger partial charge in [-0.25, -0.2) is 9.37 Å². The molecule has 0 amide bonds. The third kappa shape index (κ3) is 3.89. The molecule has 2 aliphatic heterocycles. The molecule has 2 aliphatic rings. The van der Waals surface area contributed by atoms with E-state index in [1.165, 1.54) is 12.0 Å². The molecule has 0 saturated carbocycles. The van der Waals surface area contributed by atoms with E-state index in [0.717, 1.165) is 37.6 Å². The summed E-state index contributed by atoms with van der Waals surface area (Å²) in [5, 5.41) is 3.04. The van der Waals surface area contributed by atoms with Gasteiger partial charge in [0.25, 0.3) is 0 Å². The molecule has 2 fully saturated rings. The Bertz CT molecular complexity index is 781. The molecular weight excluding hydrogens is 343 g/mol. The topological polar surface area (TPSA) is 65.1 Å². The molecule has 27 heavy (non-hydrogen) atoms. The number of anilines is 2. The first-order chi connectivity index (χ1) is 13.1. The number of halogens is 1. The predicted molar refractivity (Wildman–Crippen MR) is 105 cm³/mol. The quantitative estimate of drug-likeness (QED) is 0.768. The number of piperidine rings is 1. The number of nitrogens with zero attached hydrogens (tertiary/aromatic N) is 3. The molecule has 2 saturated heterocycles. The Morgan fingerprint density at radius 1 is 1.22 bits per heavy atom. The third-order valence-corrected chi connectivity index (χ3v) is 5.68. The number of aromatic nitrogens is 2. The number of aryl methyl sites for hydroxylation is 1. The summed E-state index contributed by atoms with van der Waals surface area (Å²) in [7, 11) is 1.85. The van der Waals surface area contributed by atoms with Gasteiger partial charge >= 0.3 is 0 Å². The highest BCUT2D eigenvalue weighted by Gasteiger charge is 2.37. The van der Waals surface area contributed by atoms with Crippen LogP contribution in [-0.4, -0.2) is 42.7 Å². The van der Waals surface area contributed by atoms with E-state index in [-0.39, 0.29) is 5.82 Å². The highest BCUT2D eigenvalue weighted by atomic mass is 19.1. The minimum atomic E-state index is -0.183. The van der Waals surface area contributed by atoms with Gasteiger partial charge in [-0.1, -0.05) is 12.1 Å². The van der Waals surface area contributed by atoms with Crippen LogP contribution in [0.4, 0.5) is 16.2 Å². The molecule has 3 unspecified atom stereocenters. The van der Waals surface area contributed by atoms with E-state index in [2.05, 4.69) is 37.1 Å². The van der Waals surface area contributed by atoms with E-state index in [4.69, 9.17) is 0 Å². The van der Waals surface area contributed by atoms with Crippen molar-refractivity contribution in [2.24, 2.45) is 5.92 Å². The van der Waals surface area contributed by atoms with Gasteiger partial charge in [0.1, 0.15) is 11.6 Å². The van der Waals surface area contributed by atoms with E-state index >= 15 is 0 Å². The van der Waals surface area contributed by atoms with Crippen molar-refractivity contribution in [2.75, 3.05) is 36.9 Å². The fraction of sp³-hybridized carbons (Fsp3) is 0.500. The first-order valence-corrected chi connectivity index (χ1v) is 9.66. The van der Waals surface area contributed by atoms with Crippen LogP contribution >= 0.6 is 0 Å². The lowest BCUT2D eigenvalue weighted by Crippen LogP contribution is -2.46. The van der Waals surface area contributed by atoms with Crippen molar-refractivity contribution in [3.05, 3.63) is 47.4 Å². The second-order valence-electron chi connectivity index (χ2n) is 7.50. The summed E-state index contributed by atoms with van der Waals surface area (Å²) in [4.78, 5) is 11.4. The highest BCUT2D eigenvalue weighted by Crippen LogP contribution is 2.33. The molecule has 0 radical (unpaired) electrons. The Morgan fingerprint density at radius 2 is 2.04 bits per heavy atom. The van der Waals surface area contributed by atoms with Crippen LogP contribution < -0.4 is 21.1 Å². The lowest BCUT2D eigenvalue weighted by atomic mass is 9.81. The molecule has 3 N–H and O–H groups in total. The molecule has 3 heterocycles. The van der Waals surface area contributed by atoms with E-state index in [1.807, 2.05) is 26.1 Å². The third-order valence-electron chi connectivity index (χ3n) is 5.68. The van der Waals surface area contributed by atoms with Crippen LogP contribution in [0.3, 0.4) is 0 Å². The Kier molecular flexibility index (Phi) is 5.22. The van der Waals surface area contributed by atoms with Gasteiger partial charge in [-0.2, -0.15) is 4.98 Å². The van der Waals surface area contributed by atoms with Gasteiger partial charge < -0.3 is 10.2 Å². The fourth-order valence-corrected chi connectivity index (χ4v) is 4.33. The SMILES string of the molecule is CNc1nc(C)cc(N2CCCC(C3NNCC3c3ccc(F)cc3)C2)n1. The molecular formula is C20H27FN6. The first-order valence-electron chi connectivity index (χ1n) is 9.66. The second kappa shape index (κ2) is 7.78. The summed E-state index contributed by atoms with van der Waals surface area (Å²) in [6, 6.07) is 9.32. The van der Waals surface area contributed by atoms with Crippen LogP contribution in [0.15, 0.2) is 30.3 Å². The number of benzene rings is 1. The van der Waals surface area contributed by atoms with Gasteiger partial charge in [0, 0.05) is 50.4 Å². The standard InChI is InChI=1S/C20H27FN6/c1-13-10-18(25-20(22-2)24-13)27-9-3-4-15(12-27)19-17(11-23-26-19)14-5-7-16(21)8-6-14/h5-8,10,15,17,19,23,26H,3-4,9,11-12H2,1-2H3,(H,22,24,25). The van der Waals surface area contributed by atoms with Crippen LogP contribution in [0.2, 0.25) is 0 Å². The first kappa shape index (κ1) is 18.1. The summed E-state index contributed by atoms with van der Waals surface area (Å²) in [6.07, 6.45) is 2.31. The van der Waals surface area contributed by atoms with Crippen LogP contribution in [0, 0.1) is 18.7 Å². The Morgan fingerprint density at radius 3 is 2.81 bits per heavy atom. The van der Waals surface area contributed by atoms with E-state index in [9.17, 15) is 4.39 Å². The summed E-state index contributed by atoms with van der Waals surface area (Å²) < 4.78 is 13.3. The van der Waals surface area contributed by atoms with Gasteiger partial charge in [0.05, 0.1) is 0 Å². The van der Waals surface area contributed by atoms with Crippen molar-refractivity contribution in [2.45, 2.75) is 31.7 Å². The molecule has 144 valence electrons. The zero-order chi connectivity index (χ0) is 18.8. The average Bonchev–Trinajstić information content (AvgIpc) is 3.18. The number of rotatable bonds is 4. The van der Waals surface area contributed by atoms with E-state index in [0.29, 0.717) is 23.8 Å². The minimum absolute atomic E-state index is 0.183.